The maximum absolute atomic E-state index is 4.59. The number of thioether (sulfide) groups is 1. The number of anilines is 2. The van der Waals surface area contributed by atoms with Crippen molar-refractivity contribution in [3.8, 4) is 10.6 Å². The molecule has 0 bridgehead atoms. The molecule has 0 fully saturated rings. The van der Waals surface area contributed by atoms with Crippen LogP contribution in [0.15, 0.2) is 53.6 Å². The van der Waals surface area contributed by atoms with Gasteiger partial charge < -0.3 is 5.32 Å². The van der Waals surface area contributed by atoms with Crippen LogP contribution in [0.4, 0.5) is 11.6 Å². The number of aromatic nitrogens is 2. The van der Waals surface area contributed by atoms with E-state index in [-0.39, 0.29) is 0 Å². The molecular formula is C15H14BN3S2. The summed E-state index contributed by atoms with van der Waals surface area (Å²) in [6.45, 7) is 0. The van der Waals surface area contributed by atoms with Crippen LogP contribution in [0.5, 0.6) is 0 Å². The molecule has 1 N–H and O–H groups in total. The molecule has 3 rings (SSSR count). The number of hydrogen-bond acceptors (Lipinski definition) is 5. The Morgan fingerprint density at radius 2 is 2.10 bits per heavy atom. The molecule has 0 saturated carbocycles. The number of hydrogen-bond donors (Lipinski definition) is 1. The smallest absolute Gasteiger partial charge is 0.227 e. The van der Waals surface area contributed by atoms with E-state index < -0.39 is 0 Å². The van der Waals surface area contributed by atoms with E-state index in [4.69, 9.17) is 0 Å². The van der Waals surface area contributed by atoms with Crippen molar-refractivity contribution in [3.63, 3.8) is 0 Å². The van der Waals surface area contributed by atoms with E-state index in [2.05, 4.69) is 53.7 Å². The molecule has 6 heteroatoms. The van der Waals surface area contributed by atoms with Crippen molar-refractivity contribution in [2.45, 2.75) is 4.90 Å². The van der Waals surface area contributed by atoms with Crippen LogP contribution in [0.25, 0.3) is 10.6 Å². The van der Waals surface area contributed by atoms with Gasteiger partial charge >= 0.3 is 0 Å². The van der Waals surface area contributed by atoms with Crippen molar-refractivity contribution in [2.75, 3.05) is 11.6 Å². The van der Waals surface area contributed by atoms with Crippen LogP contribution in [0, 0.1) is 0 Å². The number of thiophene rings is 1. The van der Waals surface area contributed by atoms with Gasteiger partial charge in [0.15, 0.2) is 7.85 Å². The van der Waals surface area contributed by atoms with Crippen molar-refractivity contribution in [2.24, 2.45) is 0 Å². The Bertz CT molecular complexity index is 758. The minimum atomic E-state index is 0.622. The van der Waals surface area contributed by atoms with Crippen LogP contribution in [0.3, 0.4) is 0 Å². The van der Waals surface area contributed by atoms with Gasteiger partial charge in [-0.15, -0.1) is 23.1 Å². The van der Waals surface area contributed by atoms with Gasteiger partial charge in [-0.3, -0.25) is 0 Å². The lowest BCUT2D eigenvalue weighted by Gasteiger charge is -2.07. The molecule has 2 aromatic heterocycles. The lowest BCUT2D eigenvalue weighted by Crippen LogP contribution is -1.97. The first-order chi connectivity index (χ1) is 10.2. The highest BCUT2D eigenvalue weighted by molar-refractivity contribution is 7.98. The third-order valence-electron chi connectivity index (χ3n) is 2.97. The van der Waals surface area contributed by atoms with Crippen molar-refractivity contribution in [3.05, 3.63) is 48.7 Å². The van der Waals surface area contributed by atoms with Gasteiger partial charge in [-0.25, -0.2) is 9.97 Å². The second-order valence-corrected chi connectivity index (χ2v) is 6.70. The topological polar surface area (TPSA) is 37.8 Å². The molecule has 3 aromatic rings. The van der Waals surface area contributed by atoms with E-state index in [1.165, 1.54) is 9.67 Å². The standard InChI is InChI=1S/C15H14BN3S2/c1-20-11-4-2-3-10(9-11)18-15-17-8-7-12(19-15)13-5-6-14(16)21-13/h2-9H,16H2,1H3,(H,17,18,19). The zero-order valence-corrected chi connectivity index (χ0v) is 13.5. The molecule has 0 aliphatic carbocycles. The third kappa shape index (κ3) is 3.46. The fraction of sp³-hybridized carbons (Fsp3) is 0.0667. The van der Waals surface area contributed by atoms with E-state index in [9.17, 15) is 0 Å². The van der Waals surface area contributed by atoms with Crippen LogP contribution in [0.2, 0.25) is 0 Å². The van der Waals surface area contributed by atoms with Gasteiger partial charge in [0.25, 0.3) is 0 Å². The number of nitrogens with zero attached hydrogens (tertiary/aromatic N) is 2. The van der Waals surface area contributed by atoms with Crippen LogP contribution in [0.1, 0.15) is 0 Å². The van der Waals surface area contributed by atoms with Gasteiger partial charge in [0.1, 0.15) is 0 Å². The Hall–Kier alpha value is -1.79. The number of rotatable bonds is 4. The first-order valence-electron chi connectivity index (χ1n) is 6.55. The predicted octanol–water partition coefficient (Wildman–Crippen LogP) is 2.93. The fourth-order valence-corrected chi connectivity index (χ4v) is 3.26. The summed E-state index contributed by atoms with van der Waals surface area (Å²) in [6.07, 6.45) is 3.85. The molecule has 104 valence electrons. The largest absolute Gasteiger partial charge is 0.324 e. The summed E-state index contributed by atoms with van der Waals surface area (Å²) in [6, 6.07) is 14.4. The summed E-state index contributed by atoms with van der Waals surface area (Å²) in [7, 11) is 2.10. The first-order valence-corrected chi connectivity index (χ1v) is 8.59. The van der Waals surface area contributed by atoms with Crippen molar-refractivity contribution in [1.29, 1.82) is 0 Å². The predicted molar refractivity (Wildman–Crippen MR) is 95.0 cm³/mol. The summed E-state index contributed by atoms with van der Waals surface area (Å²) < 4.78 is 1.28. The van der Waals surface area contributed by atoms with Crippen molar-refractivity contribution in [1.82, 2.24) is 9.97 Å². The minimum Gasteiger partial charge on any atom is -0.324 e. The lowest BCUT2D eigenvalue weighted by molar-refractivity contribution is 1.17. The Kier molecular flexibility index (Phi) is 4.27. The van der Waals surface area contributed by atoms with Crippen LogP contribution in [-0.4, -0.2) is 24.1 Å². The quantitative estimate of drug-likeness (QED) is 0.594. The second kappa shape index (κ2) is 6.32. The normalized spacial score (nSPS) is 10.5. The minimum absolute atomic E-state index is 0.622. The van der Waals surface area contributed by atoms with Gasteiger partial charge in [0.05, 0.1) is 10.6 Å². The molecule has 3 nitrogen and oxygen atoms in total. The van der Waals surface area contributed by atoms with Gasteiger partial charge in [-0.05, 0) is 41.4 Å². The van der Waals surface area contributed by atoms with E-state index in [0.29, 0.717) is 5.95 Å². The second-order valence-electron chi connectivity index (χ2n) is 4.53. The molecule has 0 radical (unpaired) electrons. The maximum atomic E-state index is 4.59. The maximum Gasteiger partial charge on any atom is 0.227 e. The summed E-state index contributed by atoms with van der Waals surface area (Å²) in [5.41, 5.74) is 1.95. The Balaban J connectivity index is 1.86. The first kappa shape index (κ1) is 14.2. The van der Waals surface area contributed by atoms with Gasteiger partial charge in [0.2, 0.25) is 5.95 Å². The molecule has 0 atom stereocenters. The monoisotopic (exact) mass is 311 g/mol. The fourth-order valence-electron chi connectivity index (χ4n) is 1.96. The molecule has 2 heterocycles. The average molecular weight is 311 g/mol. The van der Waals surface area contributed by atoms with Crippen molar-refractivity contribution >= 4 is 47.4 Å². The summed E-state index contributed by atoms with van der Waals surface area (Å²) in [5.74, 6) is 0.622. The highest BCUT2D eigenvalue weighted by Gasteiger charge is 2.05. The SMILES string of the molecule is Bc1ccc(-c2ccnc(Nc3cccc(SC)c3)n2)s1. The van der Waals surface area contributed by atoms with E-state index in [0.717, 1.165) is 16.3 Å². The Morgan fingerprint density at radius 1 is 1.19 bits per heavy atom. The lowest BCUT2D eigenvalue weighted by atomic mass is 10.1. The average Bonchev–Trinajstić information content (AvgIpc) is 2.94. The van der Waals surface area contributed by atoms with Crippen LogP contribution >= 0.6 is 23.1 Å². The highest BCUT2D eigenvalue weighted by atomic mass is 32.2. The summed E-state index contributed by atoms with van der Waals surface area (Å²) in [5, 5.41) is 3.26. The Morgan fingerprint density at radius 3 is 2.86 bits per heavy atom. The molecule has 0 aliphatic heterocycles. The van der Waals surface area contributed by atoms with Crippen molar-refractivity contribution < 1.29 is 0 Å². The van der Waals surface area contributed by atoms with E-state index in [1.54, 1.807) is 29.3 Å². The zero-order chi connectivity index (χ0) is 14.7. The molecule has 0 amide bonds. The highest BCUT2D eigenvalue weighted by Crippen LogP contribution is 2.24. The molecule has 0 saturated heterocycles. The molecule has 0 spiro atoms. The molecule has 0 unspecified atom stereocenters. The number of nitrogens with one attached hydrogen (secondary N) is 1. The molecule has 0 aliphatic rings. The molecule has 1 aromatic carbocycles. The van der Waals surface area contributed by atoms with Gasteiger partial charge in [0, 0.05) is 16.8 Å². The van der Waals surface area contributed by atoms with Crippen LogP contribution < -0.4 is 10.1 Å². The summed E-state index contributed by atoms with van der Waals surface area (Å²) in [4.78, 5) is 11.3. The van der Waals surface area contributed by atoms with Gasteiger partial charge in [-0.1, -0.05) is 12.1 Å². The molecular weight excluding hydrogens is 297 g/mol. The molecule has 21 heavy (non-hydrogen) atoms. The zero-order valence-electron chi connectivity index (χ0n) is 11.8. The number of benzene rings is 1. The van der Waals surface area contributed by atoms with E-state index in [1.807, 2.05) is 18.2 Å². The Labute approximate surface area is 133 Å². The summed E-state index contributed by atoms with van der Waals surface area (Å²) >= 11 is 3.46. The van der Waals surface area contributed by atoms with E-state index >= 15 is 0 Å². The third-order valence-corrected chi connectivity index (χ3v) is 4.72. The van der Waals surface area contributed by atoms with Gasteiger partial charge in [-0.2, -0.15) is 0 Å². The van der Waals surface area contributed by atoms with Crippen LogP contribution in [-0.2, 0) is 0 Å².